The summed E-state index contributed by atoms with van der Waals surface area (Å²) in [6.45, 7) is 2.94. The lowest BCUT2D eigenvalue weighted by molar-refractivity contribution is -0.138. The van der Waals surface area contributed by atoms with Gasteiger partial charge in [-0.3, -0.25) is 0 Å². The number of alkyl halides is 3. The monoisotopic (exact) mass is 277 g/mol. The van der Waals surface area contributed by atoms with Gasteiger partial charge in [0.25, 0.3) is 0 Å². The smallest absolute Gasteiger partial charge is 0.385 e. The van der Waals surface area contributed by atoms with Gasteiger partial charge in [-0.05, 0) is 25.7 Å². The van der Waals surface area contributed by atoms with Crippen LogP contribution in [0.3, 0.4) is 0 Å². The van der Waals surface area contributed by atoms with Crippen LogP contribution in [0, 0.1) is 6.92 Å². The molecule has 1 aromatic carbocycles. The highest BCUT2D eigenvalue weighted by atomic mass is 32.2. The third kappa shape index (κ3) is 3.66. The van der Waals surface area contributed by atoms with Gasteiger partial charge < -0.3 is 4.84 Å². The van der Waals surface area contributed by atoms with Crippen LogP contribution < -0.4 is 0 Å². The Hall–Kier alpha value is -1.17. The number of nitrogens with zero attached hydrogens (tertiary/aromatic N) is 1. The van der Waals surface area contributed by atoms with Crippen LogP contribution in [0.2, 0.25) is 0 Å². The summed E-state index contributed by atoms with van der Waals surface area (Å²) in [5.41, 5.74) is -0.193. The fourth-order valence-electron chi connectivity index (χ4n) is 1.57. The molecule has 0 saturated heterocycles. The second kappa shape index (κ2) is 6.13. The second-order valence-electron chi connectivity index (χ2n) is 3.71. The molecule has 0 atom stereocenters. The van der Waals surface area contributed by atoms with Crippen LogP contribution in [0.1, 0.15) is 23.6 Å². The van der Waals surface area contributed by atoms with Crippen molar-refractivity contribution in [2.24, 2.45) is 5.16 Å². The summed E-state index contributed by atoms with van der Waals surface area (Å²) >= 11 is 1.40. The van der Waals surface area contributed by atoms with E-state index in [9.17, 15) is 13.2 Å². The number of thioether (sulfide) groups is 1. The topological polar surface area (TPSA) is 21.6 Å². The quantitative estimate of drug-likeness (QED) is 0.358. The second-order valence-corrected chi connectivity index (χ2v) is 4.52. The average Bonchev–Trinajstić information content (AvgIpc) is 2.27. The first-order valence-corrected chi connectivity index (χ1v) is 6.60. The predicted octanol–water partition coefficient (Wildman–Crippen LogP) is 4.07. The summed E-state index contributed by atoms with van der Waals surface area (Å²) in [5, 5.41) is 3.70. The third-order valence-electron chi connectivity index (χ3n) is 2.32. The Morgan fingerprint density at radius 2 is 2.06 bits per heavy atom. The van der Waals surface area contributed by atoms with E-state index in [-0.39, 0.29) is 16.8 Å². The standard InChI is InChI=1S/C12H14F3NOS/c1-8-5-4-6-10(11(8)12(13,14)15)9(2)16-17-7-18-3/h4-6H,7H2,1-3H3/b16-9+. The lowest BCUT2D eigenvalue weighted by Crippen LogP contribution is -2.14. The molecule has 0 amide bonds. The predicted molar refractivity (Wildman–Crippen MR) is 67.9 cm³/mol. The minimum Gasteiger partial charge on any atom is -0.385 e. The maximum Gasteiger partial charge on any atom is 0.417 e. The average molecular weight is 277 g/mol. The van der Waals surface area contributed by atoms with Gasteiger partial charge in [0.05, 0.1) is 11.3 Å². The summed E-state index contributed by atoms with van der Waals surface area (Å²) in [4.78, 5) is 4.89. The van der Waals surface area contributed by atoms with Gasteiger partial charge in [0.15, 0.2) is 5.94 Å². The van der Waals surface area contributed by atoms with E-state index in [2.05, 4.69) is 5.16 Å². The van der Waals surface area contributed by atoms with Crippen LogP contribution in [0.4, 0.5) is 13.2 Å². The van der Waals surface area contributed by atoms with Crippen molar-refractivity contribution in [2.45, 2.75) is 20.0 Å². The number of benzene rings is 1. The number of oxime groups is 1. The molecular formula is C12H14F3NOS. The summed E-state index contributed by atoms with van der Waals surface area (Å²) in [6.07, 6.45) is -2.57. The molecule has 0 fully saturated rings. The van der Waals surface area contributed by atoms with E-state index >= 15 is 0 Å². The van der Waals surface area contributed by atoms with Crippen molar-refractivity contribution in [2.75, 3.05) is 12.2 Å². The molecule has 18 heavy (non-hydrogen) atoms. The van der Waals surface area contributed by atoms with Gasteiger partial charge in [-0.2, -0.15) is 13.2 Å². The molecule has 0 spiro atoms. The number of hydrogen-bond donors (Lipinski definition) is 0. The SMILES string of the molecule is CSCO/N=C(\C)c1cccc(C)c1C(F)(F)F. The Morgan fingerprint density at radius 3 is 2.61 bits per heavy atom. The van der Waals surface area contributed by atoms with E-state index in [1.165, 1.54) is 37.7 Å². The summed E-state index contributed by atoms with van der Waals surface area (Å²) in [5.74, 6) is 0.310. The van der Waals surface area contributed by atoms with E-state index in [4.69, 9.17) is 4.84 Å². The molecule has 0 N–H and O–H groups in total. The number of hydrogen-bond acceptors (Lipinski definition) is 3. The number of rotatable bonds is 4. The highest BCUT2D eigenvalue weighted by Crippen LogP contribution is 2.34. The van der Waals surface area contributed by atoms with Crippen molar-refractivity contribution in [1.29, 1.82) is 0 Å². The zero-order valence-electron chi connectivity index (χ0n) is 10.3. The maximum atomic E-state index is 13.0. The number of halogens is 3. The molecule has 0 heterocycles. The van der Waals surface area contributed by atoms with Crippen LogP contribution >= 0.6 is 11.8 Å². The molecule has 6 heteroatoms. The Bertz CT molecular complexity index is 443. The highest BCUT2D eigenvalue weighted by Gasteiger charge is 2.35. The van der Waals surface area contributed by atoms with Crippen molar-refractivity contribution in [3.63, 3.8) is 0 Å². The Morgan fingerprint density at radius 1 is 1.39 bits per heavy atom. The van der Waals surface area contributed by atoms with Gasteiger partial charge in [-0.25, -0.2) is 0 Å². The molecular weight excluding hydrogens is 263 g/mol. The molecule has 0 aliphatic rings. The normalized spacial score (nSPS) is 12.7. The Labute approximate surface area is 108 Å². The van der Waals surface area contributed by atoms with Gasteiger partial charge >= 0.3 is 6.18 Å². The van der Waals surface area contributed by atoms with Crippen LogP contribution in [-0.2, 0) is 11.0 Å². The first-order chi connectivity index (χ1) is 8.38. The fourth-order valence-corrected chi connectivity index (χ4v) is 1.73. The molecule has 0 bridgehead atoms. The molecule has 0 aliphatic heterocycles. The molecule has 0 saturated carbocycles. The van der Waals surface area contributed by atoms with Crippen molar-refractivity contribution >= 4 is 17.5 Å². The lowest BCUT2D eigenvalue weighted by atomic mass is 9.98. The highest BCUT2D eigenvalue weighted by molar-refractivity contribution is 7.98. The first kappa shape index (κ1) is 14.9. The fraction of sp³-hybridized carbons (Fsp3) is 0.417. The van der Waals surface area contributed by atoms with Crippen molar-refractivity contribution in [1.82, 2.24) is 0 Å². The molecule has 0 aliphatic carbocycles. The van der Waals surface area contributed by atoms with E-state index in [1.54, 1.807) is 6.07 Å². The van der Waals surface area contributed by atoms with Crippen LogP contribution in [0.25, 0.3) is 0 Å². The zero-order valence-corrected chi connectivity index (χ0v) is 11.2. The number of aryl methyl sites for hydroxylation is 1. The van der Waals surface area contributed by atoms with E-state index < -0.39 is 11.7 Å². The van der Waals surface area contributed by atoms with Crippen LogP contribution in [-0.4, -0.2) is 17.9 Å². The lowest BCUT2D eigenvalue weighted by Gasteiger charge is -2.15. The van der Waals surface area contributed by atoms with Gasteiger partial charge in [0, 0.05) is 5.56 Å². The molecule has 1 aromatic rings. The zero-order chi connectivity index (χ0) is 13.8. The van der Waals surface area contributed by atoms with E-state index in [1.807, 2.05) is 6.26 Å². The van der Waals surface area contributed by atoms with E-state index in [0.717, 1.165) is 0 Å². The summed E-state index contributed by atoms with van der Waals surface area (Å²) < 4.78 is 38.9. The van der Waals surface area contributed by atoms with Crippen molar-refractivity contribution in [3.05, 3.63) is 34.9 Å². The van der Waals surface area contributed by atoms with Gasteiger partial charge in [-0.1, -0.05) is 23.4 Å². The summed E-state index contributed by atoms with van der Waals surface area (Å²) in [6, 6.07) is 4.41. The van der Waals surface area contributed by atoms with Gasteiger partial charge in [-0.15, -0.1) is 11.8 Å². The first-order valence-electron chi connectivity index (χ1n) is 5.20. The molecule has 0 radical (unpaired) electrons. The molecule has 0 unspecified atom stereocenters. The third-order valence-corrected chi connectivity index (χ3v) is 2.66. The largest absolute Gasteiger partial charge is 0.417 e. The Balaban J connectivity index is 3.16. The van der Waals surface area contributed by atoms with E-state index in [0.29, 0.717) is 5.94 Å². The van der Waals surface area contributed by atoms with Crippen LogP contribution in [0.5, 0.6) is 0 Å². The van der Waals surface area contributed by atoms with Gasteiger partial charge in [0.1, 0.15) is 0 Å². The van der Waals surface area contributed by atoms with Crippen LogP contribution in [0.15, 0.2) is 23.4 Å². The molecule has 0 aromatic heterocycles. The Kier molecular flexibility index (Phi) is 5.07. The maximum absolute atomic E-state index is 13.0. The molecule has 1 rings (SSSR count). The minimum atomic E-state index is -4.39. The van der Waals surface area contributed by atoms with Crippen molar-refractivity contribution in [3.8, 4) is 0 Å². The van der Waals surface area contributed by atoms with Crippen molar-refractivity contribution < 1.29 is 18.0 Å². The molecule has 100 valence electrons. The minimum absolute atomic E-state index is 0.0589. The summed E-state index contributed by atoms with van der Waals surface area (Å²) in [7, 11) is 0. The van der Waals surface area contributed by atoms with Gasteiger partial charge in [0.2, 0.25) is 0 Å². The molecule has 2 nitrogen and oxygen atoms in total.